The SMILES string of the molecule is CN=C(NCC(C)(C)OC)N(C)Cc1cc(Br)cn1C.I. The molecular weight excluding hydrogens is 447 g/mol. The molecule has 21 heavy (non-hydrogen) atoms. The van der Waals surface area contributed by atoms with Crippen LogP contribution in [0.25, 0.3) is 0 Å². The van der Waals surface area contributed by atoms with Crippen molar-refractivity contribution in [3.05, 3.63) is 22.4 Å². The first-order valence-electron chi connectivity index (χ1n) is 6.56. The number of hydrogen-bond donors (Lipinski definition) is 1. The van der Waals surface area contributed by atoms with Crippen molar-refractivity contribution in [1.29, 1.82) is 0 Å². The van der Waals surface area contributed by atoms with Crippen LogP contribution in [0.15, 0.2) is 21.7 Å². The van der Waals surface area contributed by atoms with Crippen LogP contribution in [0.3, 0.4) is 0 Å². The van der Waals surface area contributed by atoms with Crippen molar-refractivity contribution in [3.8, 4) is 0 Å². The Morgan fingerprint density at radius 3 is 2.57 bits per heavy atom. The summed E-state index contributed by atoms with van der Waals surface area (Å²) in [6.45, 7) is 5.58. The minimum atomic E-state index is -0.217. The summed E-state index contributed by atoms with van der Waals surface area (Å²) in [4.78, 5) is 6.40. The highest BCUT2D eigenvalue weighted by atomic mass is 127. The number of nitrogens with one attached hydrogen (secondary N) is 1. The fraction of sp³-hybridized carbons (Fsp3) is 0.643. The van der Waals surface area contributed by atoms with E-state index >= 15 is 0 Å². The fourth-order valence-corrected chi connectivity index (χ4v) is 2.36. The highest BCUT2D eigenvalue weighted by Gasteiger charge is 2.18. The lowest BCUT2D eigenvalue weighted by molar-refractivity contribution is 0.0264. The molecule has 1 heterocycles. The van der Waals surface area contributed by atoms with Gasteiger partial charge in [-0.2, -0.15) is 0 Å². The van der Waals surface area contributed by atoms with Crippen molar-refractivity contribution < 1.29 is 4.74 Å². The van der Waals surface area contributed by atoms with E-state index in [9.17, 15) is 0 Å². The first-order valence-corrected chi connectivity index (χ1v) is 7.36. The molecule has 1 aromatic heterocycles. The maximum absolute atomic E-state index is 5.41. The third kappa shape index (κ3) is 6.56. The van der Waals surface area contributed by atoms with E-state index < -0.39 is 0 Å². The lowest BCUT2D eigenvalue weighted by atomic mass is 10.1. The maximum Gasteiger partial charge on any atom is 0.193 e. The molecular formula is C14H26BrIN4O. The van der Waals surface area contributed by atoms with E-state index in [1.54, 1.807) is 14.2 Å². The zero-order valence-electron chi connectivity index (χ0n) is 13.6. The van der Waals surface area contributed by atoms with E-state index in [0.717, 1.165) is 17.0 Å². The number of halogens is 2. The molecule has 0 amide bonds. The minimum Gasteiger partial charge on any atom is -0.377 e. The molecule has 0 aliphatic carbocycles. The molecule has 0 spiro atoms. The van der Waals surface area contributed by atoms with E-state index in [4.69, 9.17) is 4.74 Å². The van der Waals surface area contributed by atoms with E-state index in [0.29, 0.717) is 6.54 Å². The van der Waals surface area contributed by atoms with Crippen LogP contribution in [0.2, 0.25) is 0 Å². The minimum absolute atomic E-state index is 0. The largest absolute Gasteiger partial charge is 0.377 e. The third-order valence-corrected chi connectivity index (χ3v) is 3.71. The number of methoxy groups -OCH3 is 1. The van der Waals surface area contributed by atoms with Crippen molar-refractivity contribution >= 4 is 45.9 Å². The molecule has 0 radical (unpaired) electrons. The normalized spacial score (nSPS) is 12.0. The molecule has 0 aliphatic rings. The van der Waals surface area contributed by atoms with Crippen molar-refractivity contribution in [3.63, 3.8) is 0 Å². The van der Waals surface area contributed by atoms with Crippen LogP contribution in [-0.2, 0) is 18.3 Å². The highest BCUT2D eigenvalue weighted by molar-refractivity contribution is 14.0. The average Bonchev–Trinajstić information content (AvgIpc) is 2.68. The molecule has 7 heteroatoms. The van der Waals surface area contributed by atoms with Gasteiger partial charge < -0.3 is 19.5 Å². The summed E-state index contributed by atoms with van der Waals surface area (Å²) in [5, 5.41) is 3.34. The van der Waals surface area contributed by atoms with Gasteiger partial charge in [-0.15, -0.1) is 24.0 Å². The number of guanidine groups is 1. The molecule has 1 aromatic rings. The van der Waals surface area contributed by atoms with Gasteiger partial charge in [0.05, 0.1) is 12.1 Å². The predicted molar refractivity (Wildman–Crippen MR) is 102 cm³/mol. The zero-order chi connectivity index (χ0) is 15.3. The molecule has 1 rings (SSSR count). The highest BCUT2D eigenvalue weighted by Crippen LogP contribution is 2.15. The summed E-state index contributed by atoms with van der Waals surface area (Å²) in [5.74, 6) is 0.854. The molecule has 0 bridgehead atoms. The molecule has 0 atom stereocenters. The van der Waals surface area contributed by atoms with Crippen LogP contribution in [0.4, 0.5) is 0 Å². The van der Waals surface area contributed by atoms with Gasteiger partial charge in [-0.25, -0.2) is 0 Å². The Kier molecular flexibility index (Phi) is 8.87. The predicted octanol–water partition coefficient (Wildman–Crippen LogP) is 2.84. The number of nitrogens with zero attached hydrogens (tertiary/aromatic N) is 3. The van der Waals surface area contributed by atoms with Crippen molar-refractivity contribution in [1.82, 2.24) is 14.8 Å². The maximum atomic E-state index is 5.41. The van der Waals surface area contributed by atoms with Gasteiger partial charge in [0.1, 0.15) is 0 Å². The second-order valence-corrected chi connectivity index (χ2v) is 6.40. The molecule has 5 nitrogen and oxygen atoms in total. The number of rotatable bonds is 5. The zero-order valence-corrected chi connectivity index (χ0v) is 17.5. The van der Waals surface area contributed by atoms with Gasteiger partial charge in [0.15, 0.2) is 5.96 Å². The van der Waals surface area contributed by atoms with Crippen LogP contribution in [0.1, 0.15) is 19.5 Å². The van der Waals surface area contributed by atoms with Crippen molar-refractivity contribution in [2.24, 2.45) is 12.0 Å². The first-order chi connectivity index (χ1) is 9.29. The molecule has 122 valence electrons. The van der Waals surface area contributed by atoms with Crippen LogP contribution < -0.4 is 5.32 Å². The summed E-state index contributed by atoms with van der Waals surface area (Å²) >= 11 is 3.49. The molecule has 1 N–H and O–H groups in total. The van der Waals surface area contributed by atoms with E-state index in [-0.39, 0.29) is 29.6 Å². The smallest absolute Gasteiger partial charge is 0.193 e. The van der Waals surface area contributed by atoms with Gasteiger partial charge in [-0.3, -0.25) is 4.99 Å². The van der Waals surface area contributed by atoms with Gasteiger partial charge in [0, 0.05) is 51.2 Å². The molecule has 0 saturated carbocycles. The number of hydrogen-bond acceptors (Lipinski definition) is 2. The average molecular weight is 473 g/mol. The second kappa shape index (κ2) is 8.99. The summed E-state index contributed by atoms with van der Waals surface area (Å²) in [7, 11) is 7.57. The van der Waals surface area contributed by atoms with E-state index in [2.05, 4.69) is 41.8 Å². The van der Waals surface area contributed by atoms with Gasteiger partial charge >= 0.3 is 0 Å². The Bertz CT molecular complexity index is 474. The number of aliphatic imine (C=N–C) groups is 1. The molecule has 0 saturated heterocycles. The van der Waals surface area contributed by atoms with Gasteiger partial charge in [-0.1, -0.05) is 0 Å². The van der Waals surface area contributed by atoms with Gasteiger partial charge in [0.2, 0.25) is 0 Å². The molecule has 0 unspecified atom stereocenters. The first kappa shape index (κ1) is 20.7. The molecule has 0 aromatic carbocycles. The Balaban J connectivity index is 0.00000400. The Morgan fingerprint density at radius 2 is 2.14 bits per heavy atom. The van der Waals surface area contributed by atoms with Gasteiger partial charge in [0.25, 0.3) is 0 Å². The van der Waals surface area contributed by atoms with Crippen LogP contribution in [-0.4, -0.2) is 48.8 Å². The Morgan fingerprint density at radius 1 is 1.52 bits per heavy atom. The van der Waals surface area contributed by atoms with E-state index in [1.165, 1.54) is 5.69 Å². The van der Waals surface area contributed by atoms with Crippen molar-refractivity contribution in [2.75, 3.05) is 27.7 Å². The molecule has 0 fully saturated rings. The van der Waals surface area contributed by atoms with E-state index in [1.807, 2.05) is 34.1 Å². The summed E-state index contributed by atoms with van der Waals surface area (Å²) in [6, 6.07) is 2.11. The standard InChI is InChI=1S/C14H25BrN4O.HI/c1-14(2,20-6)10-17-13(16-3)19(5)9-12-7-11(15)8-18(12)4;/h7-8H,9-10H2,1-6H3,(H,16,17);1H. The summed E-state index contributed by atoms with van der Waals surface area (Å²) < 4.78 is 8.60. The fourth-order valence-electron chi connectivity index (χ4n) is 1.79. The van der Waals surface area contributed by atoms with Crippen LogP contribution in [0.5, 0.6) is 0 Å². The van der Waals surface area contributed by atoms with Gasteiger partial charge in [-0.05, 0) is 35.8 Å². The Hall–Kier alpha value is -0.280. The summed E-state index contributed by atoms with van der Waals surface area (Å²) in [6.07, 6.45) is 2.05. The van der Waals surface area contributed by atoms with Crippen LogP contribution >= 0.6 is 39.9 Å². The Labute approximate surface area is 153 Å². The lowest BCUT2D eigenvalue weighted by Gasteiger charge is -2.28. The second-order valence-electron chi connectivity index (χ2n) is 5.48. The monoisotopic (exact) mass is 472 g/mol. The number of aryl methyl sites for hydroxylation is 1. The lowest BCUT2D eigenvalue weighted by Crippen LogP contribution is -2.45. The number of ether oxygens (including phenoxy) is 1. The van der Waals surface area contributed by atoms with Crippen molar-refractivity contribution in [2.45, 2.75) is 26.0 Å². The van der Waals surface area contributed by atoms with Crippen LogP contribution in [0, 0.1) is 0 Å². The topological polar surface area (TPSA) is 41.8 Å². The third-order valence-electron chi connectivity index (χ3n) is 3.27. The quantitative estimate of drug-likeness (QED) is 0.407. The molecule has 0 aliphatic heterocycles. The summed E-state index contributed by atoms with van der Waals surface area (Å²) in [5.41, 5.74) is 0.999. The number of aromatic nitrogens is 1.